The van der Waals surface area contributed by atoms with E-state index in [2.05, 4.69) is 93.3 Å². The van der Waals surface area contributed by atoms with Crippen LogP contribution in [0.5, 0.6) is 0 Å². The van der Waals surface area contributed by atoms with Crippen LogP contribution in [0.15, 0.2) is 53.9 Å². The largest absolute Gasteiger partial charge is 0.393 e. The van der Waals surface area contributed by atoms with Crippen LogP contribution in [-0.4, -0.2) is 21.5 Å². The van der Waals surface area contributed by atoms with Crippen molar-refractivity contribution in [2.24, 2.45) is 98.6 Å². The van der Waals surface area contributed by atoms with Gasteiger partial charge in [-0.15, -0.1) is 23.2 Å². The lowest BCUT2D eigenvalue weighted by Gasteiger charge is -2.58. The summed E-state index contributed by atoms with van der Waals surface area (Å²) in [6.07, 6.45) is 39.6. The Bertz CT molecular complexity index is 1520. The quantitative estimate of drug-likeness (QED) is 0.187. The number of hydrogen-bond donors (Lipinski definition) is 1. The molecule has 4 heteroatoms. The van der Waals surface area contributed by atoms with Gasteiger partial charge in [0.2, 0.25) is 0 Å². The zero-order valence-electron chi connectivity index (χ0n) is 44.0. The molecule has 1 aromatic rings. The molecule has 0 aromatic carbocycles. The minimum Gasteiger partial charge on any atom is -0.393 e. The lowest BCUT2D eigenvalue weighted by atomic mass is 9.46. The molecule has 1 N–H and O–H groups in total. The molecule has 8 aliphatic carbocycles. The van der Waals surface area contributed by atoms with E-state index in [0.717, 1.165) is 89.8 Å². The van der Waals surface area contributed by atoms with Gasteiger partial charge < -0.3 is 5.11 Å². The zero-order valence-corrected chi connectivity index (χ0v) is 45.6. The summed E-state index contributed by atoms with van der Waals surface area (Å²) in [5.74, 6) is 12.2. The second-order valence-corrected chi connectivity index (χ2v) is 26.8. The van der Waals surface area contributed by atoms with Crippen LogP contribution in [0.25, 0.3) is 0 Å². The Morgan fingerprint density at radius 3 is 1.42 bits per heavy atom. The minimum atomic E-state index is -0.0766. The fourth-order valence-corrected chi connectivity index (χ4v) is 17.8. The van der Waals surface area contributed by atoms with Crippen molar-refractivity contribution in [1.82, 2.24) is 4.98 Å². The third kappa shape index (κ3) is 12.3. The molecular formula is C62H105Cl2NO. The van der Waals surface area contributed by atoms with Crippen molar-refractivity contribution in [2.75, 3.05) is 5.34 Å². The van der Waals surface area contributed by atoms with Crippen LogP contribution in [0.3, 0.4) is 0 Å². The van der Waals surface area contributed by atoms with Gasteiger partial charge in [0.1, 0.15) is 0 Å². The van der Waals surface area contributed by atoms with Crippen molar-refractivity contribution >= 4 is 23.2 Å². The molecule has 0 saturated heterocycles. The number of halogens is 2. The van der Waals surface area contributed by atoms with Crippen molar-refractivity contribution in [3.05, 3.63) is 53.9 Å². The summed E-state index contributed by atoms with van der Waals surface area (Å²) in [6, 6.07) is 5.72. The summed E-state index contributed by atoms with van der Waals surface area (Å²) < 4.78 is 0. The zero-order chi connectivity index (χ0) is 47.2. The highest BCUT2D eigenvalue weighted by Crippen LogP contribution is 2.69. The van der Waals surface area contributed by atoms with E-state index in [-0.39, 0.29) is 18.9 Å². The van der Waals surface area contributed by atoms with Gasteiger partial charge in [0.05, 0.1) is 11.4 Å². The maximum absolute atomic E-state index is 10.2. The molecule has 6 fully saturated rings. The average molecular weight is 951 g/mol. The molecule has 6 saturated carbocycles. The lowest BCUT2D eigenvalue weighted by molar-refractivity contribution is -0.0573. The van der Waals surface area contributed by atoms with Crippen LogP contribution in [-0.2, 0) is 0 Å². The van der Waals surface area contributed by atoms with Crippen LogP contribution >= 0.6 is 23.2 Å². The molecule has 1 heterocycles. The molecule has 8 aliphatic rings. The van der Waals surface area contributed by atoms with E-state index in [1.54, 1.807) is 18.0 Å². The van der Waals surface area contributed by atoms with E-state index < -0.39 is 0 Å². The first-order valence-electron chi connectivity index (χ1n) is 28.0. The average Bonchev–Trinajstić information content (AvgIpc) is 3.82. The monoisotopic (exact) mass is 950 g/mol. The number of aromatic nitrogens is 1. The Balaban J connectivity index is 0.000000206. The number of rotatable bonds is 10. The van der Waals surface area contributed by atoms with Gasteiger partial charge in [0.15, 0.2) is 0 Å². The lowest BCUT2D eigenvalue weighted by Crippen LogP contribution is -2.50. The molecule has 0 amide bonds. The Kier molecular flexibility index (Phi) is 20.8. The fraction of sp³-hybridized carbons (Fsp3) is 0.855. The number of nitrogens with zero attached hydrogens (tertiary/aromatic N) is 1. The number of alkyl halides is 2. The maximum atomic E-state index is 10.2. The second-order valence-electron chi connectivity index (χ2n) is 25.9. The van der Waals surface area contributed by atoms with Crippen LogP contribution < -0.4 is 0 Å². The molecule has 0 spiro atoms. The Hall–Kier alpha value is -0.830. The first-order chi connectivity index (χ1) is 30.9. The normalized spacial score (nSPS) is 40.5. The summed E-state index contributed by atoms with van der Waals surface area (Å²) in [6.45, 7) is 27.8. The first kappa shape index (κ1) is 56.1. The van der Waals surface area contributed by atoms with Crippen molar-refractivity contribution < 1.29 is 5.11 Å². The van der Waals surface area contributed by atoms with E-state index in [0.29, 0.717) is 21.7 Å². The van der Waals surface area contributed by atoms with Gasteiger partial charge in [0, 0.05) is 12.4 Å². The Labute approximate surface area is 419 Å². The molecule has 1 aromatic heterocycles. The van der Waals surface area contributed by atoms with Crippen LogP contribution in [0.2, 0.25) is 0 Å². The van der Waals surface area contributed by atoms with Crippen molar-refractivity contribution in [3.8, 4) is 0 Å². The molecule has 0 unspecified atom stereocenters. The van der Waals surface area contributed by atoms with Gasteiger partial charge in [0.25, 0.3) is 0 Å². The number of hydrogen-bond acceptors (Lipinski definition) is 2. The van der Waals surface area contributed by atoms with Gasteiger partial charge >= 0.3 is 0 Å². The highest BCUT2D eigenvalue weighted by atomic mass is 35.5. The maximum Gasteiger partial charge on any atom is 0.0967 e. The number of fused-ring (bicyclic) bond motifs is 10. The van der Waals surface area contributed by atoms with E-state index >= 15 is 0 Å². The van der Waals surface area contributed by atoms with Crippen molar-refractivity contribution in [1.29, 1.82) is 0 Å². The number of allylic oxidation sites excluding steroid dienone is 3. The van der Waals surface area contributed by atoms with E-state index in [1.807, 2.05) is 23.8 Å². The van der Waals surface area contributed by atoms with Crippen LogP contribution in [0.4, 0.5) is 0 Å². The Morgan fingerprint density at radius 2 is 1.02 bits per heavy atom. The molecule has 66 heavy (non-hydrogen) atoms. The van der Waals surface area contributed by atoms with Gasteiger partial charge in [-0.2, -0.15) is 0 Å². The van der Waals surface area contributed by atoms with Crippen LogP contribution in [0.1, 0.15) is 225 Å². The van der Waals surface area contributed by atoms with E-state index in [4.69, 9.17) is 23.2 Å². The molecule has 16 atom stereocenters. The smallest absolute Gasteiger partial charge is 0.0967 e. The van der Waals surface area contributed by atoms with Crippen LogP contribution in [0, 0.1) is 98.6 Å². The highest BCUT2D eigenvalue weighted by molar-refractivity contribution is 6.40. The van der Waals surface area contributed by atoms with E-state index in [1.165, 1.54) is 128 Å². The van der Waals surface area contributed by atoms with Gasteiger partial charge in [-0.05, 0) is 213 Å². The number of aliphatic hydroxyl groups is 1. The molecule has 9 rings (SSSR count). The van der Waals surface area contributed by atoms with Gasteiger partial charge in [-0.25, -0.2) is 0 Å². The summed E-state index contributed by atoms with van der Waals surface area (Å²) in [4.78, 5) is 3.78. The number of pyridine rings is 1. The highest BCUT2D eigenvalue weighted by Gasteiger charge is 2.60. The first-order valence-corrected chi connectivity index (χ1v) is 29.0. The molecular weight excluding hydrogens is 846 g/mol. The summed E-state index contributed by atoms with van der Waals surface area (Å²) in [5.41, 5.74) is 5.67. The van der Waals surface area contributed by atoms with Crippen molar-refractivity contribution in [3.63, 3.8) is 0 Å². The minimum absolute atomic E-state index is 0. The third-order valence-electron chi connectivity index (χ3n) is 21.4. The molecule has 2 nitrogen and oxygen atoms in total. The molecule has 378 valence electrons. The summed E-state index contributed by atoms with van der Waals surface area (Å²) in [7, 11) is 0. The SMILES string of the molecule is C.CC(C)CCC[C@@H](C)[C@H]1CC[C@H]2[C@@H]3CC=C4C[C@@H](C)CC[C@]4(C)[C@H]3CC[C@]12C.CC(C)CCC[C@@H](C)[C@H]1CC[C@H]2[C@@H]3CC=C4C[C@@H](O)CC[C@]4(C)[C@H]3CC[C@]12C.ClCCl.c1ccncc1. The standard InChI is InChI=1S/C28H48.C27H46O.C5H5N.CH2Cl2.CH4/c1-19(2)8-7-9-21(4)24-12-13-25-23-11-10-22-18-20(3)14-16-27(22,5)26(23)15-17-28(24,25)6;1-18(2)7-6-8-19(3)23-11-12-24-22-10-9-20-17-21(28)13-15-26(20,4)25(22)14-16-27(23,24)5;1-2-4-6-5-3-1;2-1-3;/h10,19-21,23-26H,7-9,11-18H2,1-6H3;9,18-19,21-25,28H,6-8,10-17H2,1-5H3;1-5H;1H2;1H4/t20-,21+,23-,24+,25-,26-,27-,28+;19-,21+,22+,23-,24+,25+,26+,27-;;;/m01.../s1. The second kappa shape index (κ2) is 24.5. The predicted octanol–water partition coefficient (Wildman–Crippen LogP) is 19.2. The topological polar surface area (TPSA) is 33.1 Å². The van der Waals surface area contributed by atoms with Crippen molar-refractivity contribution in [2.45, 2.75) is 231 Å². The Morgan fingerprint density at radius 1 is 0.576 bits per heavy atom. The summed E-state index contributed by atoms with van der Waals surface area (Å²) in [5, 5.41) is 10.4. The molecule has 0 aliphatic heterocycles. The fourth-order valence-electron chi connectivity index (χ4n) is 17.8. The summed E-state index contributed by atoms with van der Waals surface area (Å²) >= 11 is 9.53. The number of aliphatic hydroxyl groups excluding tert-OH is 1. The van der Waals surface area contributed by atoms with E-state index in [9.17, 15) is 5.11 Å². The predicted molar refractivity (Wildman–Crippen MR) is 289 cm³/mol. The van der Waals surface area contributed by atoms with Gasteiger partial charge in [-0.1, -0.05) is 151 Å². The van der Waals surface area contributed by atoms with Gasteiger partial charge in [-0.3, -0.25) is 4.98 Å². The third-order valence-corrected chi connectivity index (χ3v) is 21.4. The molecule has 0 radical (unpaired) electrons. The molecule has 0 bridgehead atoms.